The van der Waals surface area contributed by atoms with Crippen molar-refractivity contribution in [3.05, 3.63) is 71.3 Å². The van der Waals surface area contributed by atoms with Gasteiger partial charge in [-0.15, -0.1) is 0 Å². The maximum atomic E-state index is 8.98. The topological polar surface area (TPSA) is 23.8 Å². The van der Waals surface area contributed by atoms with Gasteiger partial charge in [0.15, 0.2) is 0 Å². The molecular formula is C22H25N. The lowest BCUT2D eigenvalue weighted by Gasteiger charge is -2.27. The van der Waals surface area contributed by atoms with Crippen LogP contribution in [0.4, 0.5) is 0 Å². The van der Waals surface area contributed by atoms with Crippen LogP contribution >= 0.6 is 0 Å². The van der Waals surface area contributed by atoms with Crippen LogP contribution < -0.4 is 0 Å². The average Bonchev–Trinajstić information content (AvgIpc) is 2.62. The van der Waals surface area contributed by atoms with Crippen LogP contribution in [0.15, 0.2) is 54.6 Å². The number of rotatable bonds is 5. The minimum absolute atomic E-state index is 0.456. The van der Waals surface area contributed by atoms with E-state index in [9.17, 15) is 0 Å². The molecule has 0 heterocycles. The van der Waals surface area contributed by atoms with E-state index in [2.05, 4.69) is 60.7 Å². The summed E-state index contributed by atoms with van der Waals surface area (Å²) in [5.74, 6) is 1.30. The summed E-state index contributed by atoms with van der Waals surface area (Å²) < 4.78 is 0. The molecule has 0 saturated heterocycles. The van der Waals surface area contributed by atoms with E-state index in [1.54, 1.807) is 0 Å². The molecule has 0 aliphatic heterocycles. The highest BCUT2D eigenvalue weighted by Crippen LogP contribution is 2.37. The molecule has 1 nitrogen and oxygen atoms in total. The molecular weight excluding hydrogens is 278 g/mol. The van der Waals surface area contributed by atoms with Gasteiger partial charge in [-0.1, -0.05) is 86.7 Å². The zero-order valence-corrected chi connectivity index (χ0v) is 13.7. The fourth-order valence-electron chi connectivity index (χ4n) is 3.92. The van der Waals surface area contributed by atoms with Crippen molar-refractivity contribution in [3.8, 4) is 6.07 Å². The van der Waals surface area contributed by atoms with Gasteiger partial charge in [0, 0.05) is 5.92 Å². The number of hydrogen-bond acceptors (Lipinski definition) is 1. The Morgan fingerprint density at radius 3 is 2.39 bits per heavy atom. The van der Waals surface area contributed by atoms with Crippen molar-refractivity contribution in [1.82, 2.24) is 0 Å². The molecule has 2 aromatic carbocycles. The van der Waals surface area contributed by atoms with Gasteiger partial charge in [0.25, 0.3) is 0 Å². The van der Waals surface area contributed by atoms with Gasteiger partial charge >= 0.3 is 0 Å². The smallest absolute Gasteiger partial charge is 0.0669 e. The fraction of sp³-hybridized carbons (Fsp3) is 0.409. The van der Waals surface area contributed by atoms with Crippen LogP contribution in [0.25, 0.3) is 0 Å². The molecule has 0 aromatic heterocycles. The first kappa shape index (κ1) is 15.8. The molecule has 1 aliphatic carbocycles. The first-order chi connectivity index (χ1) is 11.4. The molecule has 118 valence electrons. The summed E-state index contributed by atoms with van der Waals surface area (Å²) in [6.45, 7) is 0. The van der Waals surface area contributed by atoms with E-state index in [1.165, 1.54) is 49.7 Å². The van der Waals surface area contributed by atoms with Crippen LogP contribution in [0.1, 0.15) is 61.1 Å². The van der Waals surface area contributed by atoms with Crippen molar-refractivity contribution in [2.45, 2.75) is 50.9 Å². The number of nitrogens with zero attached hydrogens (tertiary/aromatic N) is 1. The van der Waals surface area contributed by atoms with Crippen LogP contribution in [-0.4, -0.2) is 0 Å². The lowest BCUT2D eigenvalue weighted by atomic mass is 9.78. The van der Waals surface area contributed by atoms with E-state index >= 15 is 0 Å². The summed E-state index contributed by atoms with van der Waals surface area (Å²) >= 11 is 0. The van der Waals surface area contributed by atoms with Gasteiger partial charge in [-0.05, 0) is 29.0 Å². The first-order valence-corrected chi connectivity index (χ1v) is 8.87. The summed E-state index contributed by atoms with van der Waals surface area (Å²) in [7, 11) is 0. The highest BCUT2D eigenvalue weighted by atomic mass is 14.3. The summed E-state index contributed by atoms with van der Waals surface area (Å²) in [5, 5.41) is 8.98. The van der Waals surface area contributed by atoms with Gasteiger partial charge in [-0.3, -0.25) is 0 Å². The van der Waals surface area contributed by atoms with Crippen molar-refractivity contribution in [2.75, 3.05) is 0 Å². The van der Waals surface area contributed by atoms with Crippen molar-refractivity contribution < 1.29 is 0 Å². The quantitative estimate of drug-likeness (QED) is 0.679. The minimum Gasteiger partial charge on any atom is -0.198 e. The van der Waals surface area contributed by atoms with Gasteiger partial charge in [0.2, 0.25) is 0 Å². The number of benzene rings is 2. The second-order valence-corrected chi connectivity index (χ2v) is 6.78. The van der Waals surface area contributed by atoms with E-state index in [-0.39, 0.29) is 0 Å². The predicted octanol–water partition coefficient (Wildman–Crippen LogP) is 5.85. The molecule has 1 atom stereocenters. The Morgan fingerprint density at radius 2 is 1.65 bits per heavy atom. The molecule has 3 rings (SSSR count). The van der Waals surface area contributed by atoms with Gasteiger partial charge in [0.1, 0.15) is 0 Å². The van der Waals surface area contributed by atoms with Gasteiger partial charge < -0.3 is 0 Å². The van der Waals surface area contributed by atoms with Gasteiger partial charge in [0.05, 0.1) is 12.5 Å². The van der Waals surface area contributed by atoms with Crippen molar-refractivity contribution in [3.63, 3.8) is 0 Å². The average molecular weight is 303 g/mol. The molecule has 0 radical (unpaired) electrons. The Bertz CT molecular complexity index is 647. The molecule has 0 N–H and O–H groups in total. The van der Waals surface area contributed by atoms with E-state index in [0.29, 0.717) is 12.3 Å². The third kappa shape index (κ3) is 4.23. The number of nitriles is 1. The fourth-order valence-corrected chi connectivity index (χ4v) is 3.92. The molecule has 1 unspecified atom stereocenters. The largest absolute Gasteiger partial charge is 0.198 e. The SMILES string of the molecule is N#CCc1cccc(C(CC2CCCCC2)c2ccccc2)c1. The molecule has 2 aromatic rings. The zero-order chi connectivity index (χ0) is 15.9. The van der Waals surface area contributed by atoms with E-state index in [1.807, 2.05) is 0 Å². The maximum Gasteiger partial charge on any atom is 0.0669 e. The molecule has 23 heavy (non-hydrogen) atoms. The second-order valence-electron chi connectivity index (χ2n) is 6.78. The Kier molecular flexibility index (Phi) is 5.48. The summed E-state index contributed by atoms with van der Waals surface area (Å²) in [6.07, 6.45) is 8.67. The van der Waals surface area contributed by atoms with Crippen LogP contribution in [0, 0.1) is 17.2 Å². The van der Waals surface area contributed by atoms with Crippen molar-refractivity contribution >= 4 is 0 Å². The summed E-state index contributed by atoms with van der Waals surface area (Å²) in [5.41, 5.74) is 3.91. The van der Waals surface area contributed by atoms with Crippen molar-refractivity contribution in [1.29, 1.82) is 5.26 Å². The Morgan fingerprint density at radius 1 is 0.913 bits per heavy atom. The first-order valence-electron chi connectivity index (χ1n) is 8.87. The van der Waals surface area contributed by atoms with Crippen molar-refractivity contribution in [2.24, 2.45) is 5.92 Å². The maximum absolute atomic E-state index is 8.98. The van der Waals surface area contributed by atoms with E-state index in [4.69, 9.17) is 5.26 Å². The van der Waals surface area contributed by atoms with Crippen LogP contribution in [-0.2, 0) is 6.42 Å². The lowest BCUT2D eigenvalue weighted by Crippen LogP contribution is -2.12. The molecule has 1 fully saturated rings. The molecule has 1 heteroatoms. The monoisotopic (exact) mass is 303 g/mol. The Balaban J connectivity index is 1.88. The summed E-state index contributed by atoms with van der Waals surface area (Å²) in [6, 6.07) is 21.8. The number of hydrogen-bond donors (Lipinski definition) is 0. The highest BCUT2D eigenvalue weighted by Gasteiger charge is 2.21. The molecule has 1 aliphatic rings. The Labute approximate surface area is 140 Å². The summed E-state index contributed by atoms with van der Waals surface area (Å²) in [4.78, 5) is 0. The Hall–Kier alpha value is -2.07. The third-order valence-electron chi connectivity index (χ3n) is 5.13. The predicted molar refractivity (Wildman–Crippen MR) is 95.2 cm³/mol. The lowest BCUT2D eigenvalue weighted by molar-refractivity contribution is 0.327. The van der Waals surface area contributed by atoms with Gasteiger partial charge in [-0.25, -0.2) is 0 Å². The molecule has 0 amide bonds. The minimum atomic E-state index is 0.456. The highest BCUT2D eigenvalue weighted by molar-refractivity contribution is 5.35. The van der Waals surface area contributed by atoms with E-state index in [0.717, 1.165) is 11.5 Å². The molecule has 0 spiro atoms. The van der Waals surface area contributed by atoms with Crippen LogP contribution in [0.2, 0.25) is 0 Å². The molecule has 1 saturated carbocycles. The third-order valence-corrected chi connectivity index (χ3v) is 5.13. The normalized spacial score (nSPS) is 16.7. The van der Waals surface area contributed by atoms with Crippen LogP contribution in [0.3, 0.4) is 0 Å². The van der Waals surface area contributed by atoms with Crippen LogP contribution in [0.5, 0.6) is 0 Å². The van der Waals surface area contributed by atoms with Gasteiger partial charge in [-0.2, -0.15) is 5.26 Å². The second kappa shape index (κ2) is 7.97. The zero-order valence-electron chi connectivity index (χ0n) is 13.7. The molecule has 0 bridgehead atoms. The van der Waals surface area contributed by atoms with E-state index < -0.39 is 0 Å². The standard InChI is InChI=1S/C22H25N/c23-15-14-19-10-7-13-21(16-19)22(20-11-5-2-6-12-20)17-18-8-3-1-4-9-18/h2,5-7,10-13,16,18,22H,1,3-4,8-9,14,17H2.